The first-order valence-corrected chi connectivity index (χ1v) is 4.32. The highest BCUT2D eigenvalue weighted by molar-refractivity contribution is 5.19. The molecular formula is C9H12O2. The zero-order valence-electron chi connectivity index (χ0n) is 6.31. The van der Waals surface area contributed by atoms with E-state index in [-0.39, 0.29) is 6.10 Å². The van der Waals surface area contributed by atoms with Crippen molar-refractivity contribution in [1.29, 1.82) is 0 Å². The van der Waals surface area contributed by atoms with E-state index in [2.05, 4.69) is 12.2 Å². The van der Waals surface area contributed by atoms with Crippen LogP contribution in [0.5, 0.6) is 0 Å². The first kappa shape index (κ1) is 6.21. The maximum Gasteiger partial charge on any atom is 0.0672 e. The standard InChI is InChI=1S/C9H12O2/c10-9-5-1-2-6(9)8-4-11-3-7(5)8/h1-2,5-10H,3-4H2/t5-,6+,7-,8-,9?/m1/s1. The highest BCUT2D eigenvalue weighted by Gasteiger charge is 2.53. The molecule has 3 rings (SSSR count). The van der Waals surface area contributed by atoms with E-state index in [4.69, 9.17) is 4.74 Å². The third kappa shape index (κ3) is 0.603. The summed E-state index contributed by atoms with van der Waals surface area (Å²) in [6.07, 6.45) is 4.25. The van der Waals surface area contributed by atoms with E-state index in [9.17, 15) is 5.11 Å². The largest absolute Gasteiger partial charge is 0.392 e. The van der Waals surface area contributed by atoms with Crippen molar-refractivity contribution >= 4 is 0 Å². The van der Waals surface area contributed by atoms with E-state index in [1.807, 2.05) is 0 Å². The van der Waals surface area contributed by atoms with Crippen molar-refractivity contribution in [1.82, 2.24) is 0 Å². The number of hydrogen-bond donors (Lipinski definition) is 1. The number of rotatable bonds is 0. The van der Waals surface area contributed by atoms with E-state index in [1.165, 1.54) is 0 Å². The Morgan fingerprint density at radius 1 is 1.09 bits per heavy atom. The third-order valence-corrected chi connectivity index (χ3v) is 3.50. The van der Waals surface area contributed by atoms with Crippen molar-refractivity contribution in [2.24, 2.45) is 23.7 Å². The Bertz CT molecular complexity index is 192. The molecule has 2 fully saturated rings. The maximum atomic E-state index is 9.72. The molecule has 1 unspecified atom stereocenters. The lowest BCUT2D eigenvalue weighted by atomic mass is 9.86. The van der Waals surface area contributed by atoms with Crippen LogP contribution < -0.4 is 0 Å². The van der Waals surface area contributed by atoms with Crippen LogP contribution in [0.2, 0.25) is 0 Å². The first-order valence-electron chi connectivity index (χ1n) is 4.32. The number of ether oxygens (including phenoxy) is 1. The lowest BCUT2D eigenvalue weighted by molar-refractivity contribution is 0.0884. The van der Waals surface area contributed by atoms with Gasteiger partial charge >= 0.3 is 0 Å². The van der Waals surface area contributed by atoms with Gasteiger partial charge in [0.15, 0.2) is 0 Å². The minimum Gasteiger partial charge on any atom is -0.392 e. The number of hydrogen-bond acceptors (Lipinski definition) is 2. The van der Waals surface area contributed by atoms with E-state index >= 15 is 0 Å². The summed E-state index contributed by atoms with van der Waals surface area (Å²) in [5.41, 5.74) is 0. The van der Waals surface area contributed by atoms with Crippen molar-refractivity contribution in [2.45, 2.75) is 6.10 Å². The fraction of sp³-hybridized carbons (Fsp3) is 0.778. The van der Waals surface area contributed by atoms with Gasteiger partial charge < -0.3 is 9.84 Å². The van der Waals surface area contributed by atoms with Crippen LogP contribution in [-0.4, -0.2) is 24.4 Å². The Morgan fingerprint density at radius 3 is 2.18 bits per heavy atom. The molecule has 0 amide bonds. The van der Waals surface area contributed by atoms with E-state index in [0.717, 1.165) is 13.2 Å². The molecule has 0 aromatic carbocycles. The van der Waals surface area contributed by atoms with Crippen LogP contribution in [0, 0.1) is 23.7 Å². The quantitative estimate of drug-likeness (QED) is 0.510. The van der Waals surface area contributed by atoms with E-state index < -0.39 is 0 Å². The minimum atomic E-state index is -0.0890. The van der Waals surface area contributed by atoms with Crippen LogP contribution in [-0.2, 0) is 4.74 Å². The molecule has 2 bridgehead atoms. The third-order valence-electron chi connectivity index (χ3n) is 3.50. The Hall–Kier alpha value is -0.340. The van der Waals surface area contributed by atoms with Crippen LogP contribution in [0.1, 0.15) is 0 Å². The second-order valence-electron chi connectivity index (χ2n) is 3.90. The molecule has 60 valence electrons. The summed E-state index contributed by atoms with van der Waals surface area (Å²) < 4.78 is 5.39. The molecular weight excluding hydrogens is 140 g/mol. The van der Waals surface area contributed by atoms with Gasteiger partial charge in [-0.15, -0.1) is 0 Å². The number of fused-ring (bicyclic) bond motifs is 5. The molecule has 1 saturated carbocycles. The molecule has 1 heterocycles. The molecule has 1 N–H and O–H groups in total. The SMILES string of the molecule is OC1[C@H]2C=C[C@@H]1[C@H]1COC[C@@H]12. The molecule has 3 aliphatic rings. The van der Waals surface area contributed by atoms with Gasteiger partial charge in [0.1, 0.15) is 0 Å². The second kappa shape index (κ2) is 1.87. The normalized spacial score (nSPS) is 58.8. The number of aliphatic hydroxyl groups is 1. The predicted molar refractivity (Wildman–Crippen MR) is 39.9 cm³/mol. The fourth-order valence-electron chi connectivity index (χ4n) is 2.91. The van der Waals surface area contributed by atoms with Crippen molar-refractivity contribution in [3.63, 3.8) is 0 Å². The molecule has 1 aliphatic heterocycles. The van der Waals surface area contributed by atoms with Crippen molar-refractivity contribution in [2.75, 3.05) is 13.2 Å². The smallest absolute Gasteiger partial charge is 0.0672 e. The molecule has 2 nitrogen and oxygen atoms in total. The summed E-state index contributed by atoms with van der Waals surface area (Å²) in [5.74, 6) is 2.07. The predicted octanol–water partition coefficient (Wildman–Crippen LogP) is 0.426. The molecule has 2 heteroatoms. The van der Waals surface area contributed by atoms with Gasteiger partial charge in [-0.05, 0) is 11.8 Å². The van der Waals surface area contributed by atoms with Gasteiger partial charge in [0.2, 0.25) is 0 Å². The molecule has 0 aromatic rings. The Morgan fingerprint density at radius 2 is 1.64 bits per heavy atom. The molecule has 5 atom stereocenters. The van der Waals surface area contributed by atoms with Crippen LogP contribution in [0.15, 0.2) is 12.2 Å². The highest BCUT2D eigenvalue weighted by Crippen LogP contribution is 2.50. The summed E-state index contributed by atoms with van der Waals surface area (Å²) in [5, 5.41) is 9.72. The topological polar surface area (TPSA) is 29.5 Å². The highest BCUT2D eigenvalue weighted by atomic mass is 16.5. The Labute approximate surface area is 65.9 Å². The zero-order valence-corrected chi connectivity index (χ0v) is 6.31. The van der Waals surface area contributed by atoms with E-state index in [0.29, 0.717) is 23.7 Å². The average molecular weight is 152 g/mol. The summed E-state index contributed by atoms with van der Waals surface area (Å²) in [6.45, 7) is 1.74. The van der Waals surface area contributed by atoms with Crippen LogP contribution in [0.4, 0.5) is 0 Å². The minimum absolute atomic E-state index is 0.0890. The van der Waals surface area contributed by atoms with Gasteiger partial charge in [0, 0.05) is 11.8 Å². The van der Waals surface area contributed by atoms with E-state index in [1.54, 1.807) is 0 Å². The fourth-order valence-corrected chi connectivity index (χ4v) is 2.91. The summed E-state index contributed by atoms with van der Waals surface area (Å²) in [4.78, 5) is 0. The van der Waals surface area contributed by atoms with Crippen LogP contribution in [0.25, 0.3) is 0 Å². The summed E-state index contributed by atoms with van der Waals surface area (Å²) in [7, 11) is 0. The van der Waals surface area contributed by atoms with Crippen molar-refractivity contribution in [3.05, 3.63) is 12.2 Å². The molecule has 0 spiro atoms. The molecule has 2 aliphatic carbocycles. The van der Waals surface area contributed by atoms with Gasteiger partial charge in [-0.1, -0.05) is 12.2 Å². The lowest BCUT2D eigenvalue weighted by Crippen LogP contribution is -2.17. The van der Waals surface area contributed by atoms with Gasteiger partial charge in [-0.2, -0.15) is 0 Å². The maximum absolute atomic E-state index is 9.72. The van der Waals surface area contributed by atoms with Gasteiger partial charge in [0.05, 0.1) is 19.3 Å². The van der Waals surface area contributed by atoms with Gasteiger partial charge in [-0.3, -0.25) is 0 Å². The Kier molecular flexibility index (Phi) is 1.06. The van der Waals surface area contributed by atoms with Crippen molar-refractivity contribution < 1.29 is 9.84 Å². The summed E-state index contributed by atoms with van der Waals surface area (Å²) in [6, 6.07) is 0. The second-order valence-corrected chi connectivity index (χ2v) is 3.90. The molecule has 0 aromatic heterocycles. The molecule has 11 heavy (non-hydrogen) atoms. The Balaban J connectivity index is 1.99. The van der Waals surface area contributed by atoms with Gasteiger partial charge in [0.25, 0.3) is 0 Å². The monoisotopic (exact) mass is 152 g/mol. The average Bonchev–Trinajstić information content (AvgIpc) is 2.61. The van der Waals surface area contributed by atoms with Crippen molar-refractivity contribution in [3.8, 4) is 0 Å². The lowest BCUT2D eigenvalue weighted by Gasteiger charge is -2.15. The molecule has 1 saturated heterocycles. The summed E-state index contributed by atoms with van der Waals surface area (Å²) >= 11 is 0. The van der Waals surface area contributed by atoms with Crippen LogP contribution in [0.3, 0.4) is 0 Å². The van der Waals surface area contributed by atoms with Gasteiger partial charge in [-0.25, -0.2) is 0 Å². The zero-order chi connectivity index (χ0) is 7.42. The number of aliphatic hydroxyl groups excluding tert-OH is 1. The van der Waals surface area contributed by atoms with Crippen LogP contribution >= 0.6 is 0 Å². The molecule has 0 radical (unpaired) electrons. The first-order chi connectivity index (χ1) is 5.38.